The third-order valence-corrected chi connectivity index (χ3v) is 14.7. The Morgan fingerprint density at radius 2 is 1.08 bits per heavy atom. The molecule has 18 nitrogen and oxygen atoms in total. The number of methoxy groups -OCH3 is 5. The fourth-order valence-electron chi connectivity index (χ4n) is 7.10. The highest BCUT2D eigenvalue weighted by Gasteiger charge is 2.32. The summed E-state index contributed by atoms with van der Waals surface area (Å²) in [4.78, 5) is 62.5. The summed E-state index contributed by atoms with van der Waals surface area (Å²) in [7, 11) is 5.91. The normalized spacial score (nSPS) is 10.8. The van der Waals surface area contributed by atoms with Gasteiger partial charge in [0.2, 0.25) is 0 Å². The molecular formula is C54H47Cl3F10N8O10S3. The summed E-state index contributed by atoms with van der Waals surface area (Å²) < 4.78 is 162. The van der Waals surface area contributed by atoms with Crippen LogP contribution in [-0.2, 0) is 18.9 Å². The van der Waals surface area contributed by atoms with Gasteiger partial charge in [0, 0.05) is 27.4 Å². The average molecular weight is 1360 g/mol. The van der Waals surface area contributed by atoms with Crippen LogP contribution in [0.1, 0.15) is 61.0 Å². The molecule has 8 N–H and O–H groups in total. The minimum absolute atomic E-state index is 0.000908. The molecule has 0 bridgehead atoms. The number of halogens is 13. The van der Waals surface area contributed by atoms with Crippen molar-refractivity contribution in [2.75, 3.05) is 83.4 Å². The Morgan fingerprint density at radius 3 is 1.57 bits per heavy atom. The minimum atomic E-state index is -4.47. The fraction of sp³-hybridized carbons (Fsp3) is 0.222. The maximum Gasteiger partial charge on any atom is 0.398 e. The molecule has 7 rings (SSSR count). The fourth-order valence-corrected chi connectivity index (χ4v) is 9.66. The van der Waals surface area contributed by atoms with Gasteiger partial charge in [0.15, 0.2) is 51.7 Å². The van der Waals surface area contributed by atoms with Crippen LogP contribution in [-0.4, -0.2) is 110 Å². The number of hydrogen-bond donors (Lipinski definition) is 4. The van der Waals surface area contributed by atoms with Crippen molar-refractivity contribution in [2.45, 2.75) is 34.2 Å². The van der Waals surface area contributed by atoms with Crippen LogP contribution in [0.5, 0.6) is 11.5 Å². The van der Waals surface area contributed by atoms with E-state index in [2.05, 4.69) is 34.1 Å². The van der Waals surface area contributed by atoms with Crippen molar-refractivity contribution in [3.05, 3.63) is 133 Å². The third kappa shape index (κ3) is 17.7. The number of anilines is 4. The molecule has 0 spiro atoms. The second-order valence-electron chi connectivity index (χ2n) is 16.5. The average Bonchev–Trinajstić information content (AvgIpc) is 1.22. The Hall–Kier alpha value is -7.84. The van der Waals surface area contributed by atoms with Gasteiger partial charge in [-0.05, 0) is 74.0 Å². The first kappa shape index (κ1) is 72.6. The molecule has 34 heteroatoms. The molecule has 0 fully saturated rings. The van der Waals surface area contributed by atoms with E-state index in [1.807, 2.05) is 0 Å². The Balaban J connectivity index is 0.000000254. The number of carbonyl (C=O) groups excluding carboxylic acids is 4. The molecule has 88 heavy (non-hydrogen) atoms. The zero-order valence-corrected chi connectivity index (χ0v) is 51.3. The molecule has 0 amide bonds. The van der Waals surface area contributed by atoms with E-state index in [4.69, 9.17) is 71.9 Å². The number of alkyl halides is 5. The summed E-state index contributed by atoms with van der Waals surface area (Å²) in [6.07, 6.45) is -4.06. The van der Waals surface area contributed by atoms with Gasteiger partial charge in [-0.25, -0.2) is 69.8 Å². The summed E-state index contributed by atoms with van der Waals surface area (Å²) in [5, 5.41) is 0.0642. The predicted molar refractivity (Wildman–Crippen MR) is 314 cm³/mol. The molecule has 0 unspecified atom stereocenters. The Bertz CT molecular complexity index is 3760. The molecule has 0 saturated carbocycles. The molecule has 4 aromatic heterocycles. The molecule has 0 radical (unpaired) electrons. The van der Waals surface area contributed by atoms with E-state index in [0.29, 0.717) is 11.8 Å². The van der Waals surface area contributed by atoms with E-state index < -0.39 is 88.4 Å². The highest BCUT2D eigenvalue weighted by Crippen LogP contribution is 2.41. The lowest BCUT2D eigenvalue weighted by atomic mass is 10.1. The Kier molecular flexibility index (Phi) is 26.7. The number of rotatable bonds is 15. The molecule has 0 aliphatic heterocycles. The van der Waals surface area contributed by atoms with Gasteiger partial charge in [-0.3, -0.25) is 0 Å². The number of nitrogens with two attached hydrogens (primary N) is 4. The number of nitrogen functional groups attached to an aromatic ring is 4. The molecular weight excluding hydrogens is 1310 g/mol. The minimum Gasteiger partial charge on any atom is -0.492 e. The van der Waals surface area contributed by atoms with Crippen LogP contribution in [0.4, 0.5) is 66.7 Å². The monoisotopic (exact) mass is 1360 g/mol. The summed E-state index contributed by atoms with van der Waals surface area (Å²) in [6, 6.07) is 12.2. The summed E-state index contributed by atoms with van der Waals surface area (Å²) in [6.45, 7) is 1.52. The van der Waals surface area contributed by atoms with E-state index in [1.165, 1.54) is 70.7 Å². The topological polar surface area (TPSA) is 279 Å². The zero-order valence-electron chi connectivity index (χ0n) is 46.6. The van der Waals surface area contributed by atoms with E-state index in [0.717, 1.165) is 55.9 Å². The number of benzene rings is 3. The van der Waals surface area contributed by atoms with Crippen LogP contribution in [0.15, 0.2) is 75.4 Å². The molecule has 3 aromatic carbocycles. The smallest absolute Gasteiger partial charge is 0.398 e. The largest absolute Gasteiger partial charge is 0.492 e. The van der Waals surface area contributed by atoms with Crippen LogP contribution >= 0.6 is 70.1 Å². The number of esters is 4. The lowest BCUT2D eigenvalue weighted by molar-refractivity contribution is -0.105. The summed E-state index contributed by atoms with van der Waals surface area (Å²) in [5.41, 5.74) is 19.5. The molecule has 0 aliphatic rings. The molecule has 472 valence electrons. The van der Waals surface area contributed by atoms with Crippen LogP contribution < -0.4 is 32.4 Å². The van der Waals surface area contributed by atoms with Crippen LogP contribution in [0.3, 0.4) is 0 Å². The van der Waals surface area contributed by atoms with Crippen LogP contribution in [0.2, 0.25) is 15.1 Å². The molecule has 7 aromatic rings. The van der Waals surface area contributed by atoms with Crippen molar-refractivity contribution in [2.24, 2.45) is 0 Å². The third-order valence-electron chi connectivity index (χ3n) is 11.0. The number of thioether (sulfide) groups is 3. The lowest BCUT2D eigenvalue weighted by Crippen LogP contribution is -2.15. The number of hydrogen-bond acceptors (Lipinski definition) is 21. The van der Waals surface area contributed by atoms with Gasteiger partial charge in [0.25, 0.3) is 6.43 Å². The molecule has 0 atom stereocenters. The van der Waals surface area contributed by atoms with E-state index in [-0.39, 0.29) is 116 Å². The number of pyridine rings is 4. The van der Waals surface area contributed by atoms with Crippen molar-refractivity contribution in [1.82, 2.24) is 19.9 Å². The van der Waals surface area contributed by atoms with E-state index >= 15 is 0 Å². The number of ether oxygens (including phenoxy) is 6. The standard InChI is InChI=1S/C16H13ClF4N2O2S.C15H13ClF2N2O3S.C14H11ClF2N2O2S.C9H10F2N2O3/c1-2-25-15(24)13-14(26-7-16(19,20)21)11(22)6-12(23-13)9-4-3-8(17)5-10(9)18;1-22-13-7(16)5-4-6(8(13)17)11-9(18)10(19)14(24-3)12(20-11)15(21)23-2;1-21-14(20)12-13(22-2)10(18)9(17)11(19-12)6-3-4-7(15)8(16)5-6;1-15-7-4(12)3-5(8(10)11)13-6(7)9(14)16-2/h3-6H,2,7H2,1H3,(H2,22,23);4-5H,1-3H3,(H2,19,20);3-5H,1-2H3,(H2,18,19);3,8H,1-2H3,(H2,12,13). The molecule has 0 aliphatic carbocycles. The molecule has 0 saturated heterocycles. The Labute approximate surface area is 521 Å². The summed E-state index contributed by atoms with van der Waals surface area (Å²) in [5.74, 6) is -9.13. The van der Waals surface area contributed by atoms with Crippen molar-refractivity contribution < 1.29 is 91.5 Å². The predicted octanol–water partition coefficient (Wildman–Crippen LogP) is 13.9. The number of nitrogens with zero attached hydrogens (tertiary/aromatic N) is 4. The van der Waals surface area contributed by atoms with Crippen LogP contribution in [0, 0.1) is 29.1 Å². The first-order valence-corrected chi connectivity index (χ1v) is 28.5. The highest BCUT2D eigenvalue weighted by molar-refractivity contribution is 7.99. The quantitative estimate of drug-likeness (QED) is 0.0321. The van der Waals surface area contributed by atoms with Crippen molar-refractivity contribution >= 4 is 117 Å². The SMILES string of the molecule is CCOC(=O)c1nc(-c2ccc(Cl)cc2F)cc(N)c1SCC(F)(F)F.COC(=O)c1nc(-c2ccc(Cl)c(F)c2)c(F)c(N)c1SC.COC(=O)c1nc(-c2ccc(Cl)c(OC)c2F)c(F)c(N)c1SC.COC(=O)c1nc(C(F)F)cc(N)c1OC. The number of aromatic nitrogens is 4. The van der Waals surface area contributed by atoms with Gasteiger partial charge in [0.05, 0.1) is 95.4 Å². The van der Waals surface area contributed by atoms with Crippen molar-refractivity contribution in [1.29, 1.82) is 0 Å². The zero-order chi connectivity index (χ0) is 66.2. The Morgan fingerprint density at radius 1 is 0.568 bits per heavy atom. The molecule has 4 heterocycles. The highest BCUT2D eigenvalue weighted by atomic mass is 35.5. The lowest BCUT2D eigenvalue weighted by Gasteiger charge is -2.14. The van der Waals surface area contributed by atoms with Gasteiger partial charge < -0.3 is 51.4 Å². The van der Waals surface area contributed by atoms with Gasteiger partial charge in [-0.2, -0.15) is 13.2 Å². The summed E-state index contributed by atoms with van der Waals surface area (Å²) >= 11 is 19.5. The van der Waals surface area contributed by atoms with Gasteiger partial charge in [0.1, 0.15) is 28.7 Å². The van der Waals surface area contributed by atoms with Gasteiger partial charge in [-0.15, -0.1) is 35.3 Å². The first-order valence-electron chi connectivity index (χ1n) is 23.9. The van der Waals surface area contributed by atoms with E-state index in [9.17, 15) is 63.1 Å². The second-order valence-corrected chi connectivity index (χ2v) is 20.4. The number of carbonyl (C=O) groups is 4. The second kappa shape index (κ2) is 32.4. The van der Waals surface area contributed by atoms with Crippen molar-refractivity contribution in [3.63, 3.8) is 0 Å². The van der Waals surface area contributed by atoms with Gasteiger partial charge in [-0.1, -0.05) is 40.9 Å². The maximum atomic E-state index is 14.6. The van der Waals surface area contributed by atoms with Crippen molar-refractivity contribution in [3.8, 4) is 45.3 Å². The maximum absolute atomic E-state index is 14.6. The first-order chi connectivity index (χ1) is 41.4. The van der Waals surface area contributed by atoms with Crippen LogP contribution in [0.25, 0.3) is 33.8 Å². The van der Waals surface area contributed by atoms with E-state index in [1.54, 1.807) is 12.5 Å². The van der Waals surface area contributed by atoms with Gasteiger partial charge >= 0.3 is 30.1 Å².